The monoisotopic (exact) mass is 254 g/mol. The smallest absolute Gasteiger partial charge is 0.150 e. The van der Waals surface area contributed by atoms with Crippen LogP contribution in [0.2, 0.25) is 0 Å². The molecule has 98 valence electrons. The summed E-state index contributed by atoms with van der Waals surface area (Å²) in [5.74, 6) is 0.594. The van der Waals surface area contributed by atoms with Gasteiger partial charge in [0.05, 0.1) is 0 Å². The van der Waals surface area contributed by atoms with E-state index in [1.54, 1.807) is 12.1 Å². The predicted octanol–water partition coefficient (Wildman–Crippen LogP) is 4.30. The zero-order valence-electron chi connectivity index (χ0n) is 11.5. The first-order chi connectivity index (χ1) is 9.02. The number of benzene rings is 2. The highest BCUT2D eigenvalue weighted by molar-refractivity contribution is 5.80. The van der Waals surface area contributed by atoms with Crippen LogP contribution in [0.1, 0.15) is 41.3 Å². The Morgan fingerprint density at radius 1 is 1.16 bits per heavy atom. The lowest BCUT2D eigenvalue weighted by molar-refractivity contribution is 0.112. The molecule has 0 aromatic heterocycles. The number of carbonyl (C=O) groups is 1. The van der Waals surface area contributed by atoms with Crippen LogP contribution >= 0.6 is 0 Å². The Bertz CT molecular complexity index is 613. The Morgan fingerprint density at radius 2 is 1.89 bits per heavy atom. The summed E-state index contributed by atoms with van der Waals surface area (Å²) in [4.78, 5) is 10.9. The van der Waals surface area contributed by atoms with Crippen molar-refractivity contribution < 1.29 is 9.90 Å². The van der Waals surface area contributed by atoms with Crippen molar-refractivity contribution in [1.29, 1.82) is 0 Å². The highest BCUT2D eigenvalue weighted by Gasteiger charge is 2.11. The molecule has 1 N–H and O–H groups in total. The van der Waals surface area contributed by atoms with Crippen LogP contribution in [0, 0.1) is 6.92 Å². The molecular weight excluding hydrogens is 236 g/mol. The zero-order valence-corrected chi connectivity index (χ0v) is 11.5. The van der Waals surface area contributed by atoms with E-state index in [-0.39, 0.29) is 5.92 Å². The summed E-state index contributed by atoms with van der Waals surface area (Å²) in [7, 11) is 0. The quantitative estimate of drug-likeness (QED) is 0.829. The largest absolute Gasteiger partial charge is 0.508 e. The van der Waals surface area contributed by atoms with E-state index in [1.807, 2.05) is 31.2 Å². The Hall–Kier alpha value is -2.09. The van der Waals surface area contributed by atoms with Crippen molar-refractivity contribution in [3.63, 3.8) is 0 Å². The topological polar surface area (TPSA) is 37.3 Å². The van der Waals surface area contributed by atoms with E-state index in [4.69, 9.17) is 0 Å². The highest BCUT2D eigenvalue weighted by atomic mass is 16.3. The van der Waals surface area contributed by atoms with Gasteiger partial charge in [-0.3, -0.25) is 4.79 Å². The van der Waals surface area contributed by atoms with Gasteiger partial charge in [0.25, 0.3) is 0 Å². The highest BCUT2D eigenvalue weighted by Crippen LogP contribution is 2.33. The van der Waals surface area contributed by atoms with Crippen molar-refractivity contribution in [2.75, 3.05) is 0 Å². The van der Waals surface area contributed by atoms with Crippen molar-refractivity contribution in [3.05, 3.63) is 53.1 Å². The fourth-order valence-electron chi connectivity index (χ4n) is 2.26. The maximum atomic E-state index is 10.9. The third-order valence-corrected chi connectivity index (χ3v) is 3.33. The molecule has 2 aromatic rings. The van der Waals surface area contributed by atoms with Crippen LogP contribution in [0.25, 0.3) is 11.1 Å². The molecule has 0 aliphatic heterocycles. The first kappa shape index (κ1) is 13.3. The van der Waals surface area contributed by atoms with E-state index >= 15 is 0 Å². The third kappa shape index (κ3) is 2.68. The standard InChI is InChI=1S/C17H18O2/c1-11(2)15-9-16(12(3)7-17(15)19)14-6-4-5-13(8-14)10-18/h4-11,19H,1-3H3. The van der Waals surface area contributed by atoms with Gasteiger partial charge in [0.15, 0.2) is 0 Å². The molecular formula is C17H18O2. The minimum atomic E-state index is 0.258. The molecule has 0 unspecified atom stereocenters. The molecule has 0 saturated heterocycles. The minimum Gasteiger partial charge on any atom is -0.508 e. The maximum Gasteiger partial charge on any atom is 0.150 e. The Balaban J connectivity index is 2.60. The number of phenolic OH excluding ortho intramolecular Hbond substituents is 1. The first-order valence-electron chi connectivity index (χ1n) is 6.42. The molecule has 0 atom stereocenters. The summed E-state index contributed by atoms with van der Waals surface area (Å²) in [6, 6.07) is 11.3. The van der Waals surface area contributed by atoms with Crippen LogP contribution in [-0.2, 0) is 0 Å². The summed E-state index contributed by atoms with van der Waals surface area (Å²) in [5, 5.41) is 9.98. The molecule has 0 aliphatic carbocycles. The maximum absolute atomic E-state index is 10.9. The number of aromatic hydroxyl groups is 1. The first-order valence-corrected chi connectivity index (χ1v) is 6.42. The number of carbonyl (C=O) groups excluding carboxylic acids is 1. The summed E-state index contributed by atoms with van der Waals surface area (Å²) in [5.41, 5.74) is 4.66. The fourth-order valence-corrected chi connectivity index (χ4v) is 2.26. The molecule has 0 saturated carbocycles. The van der Waals surface area contributed by atoms with Crippen molar-refractivity contribution in [2.24, 2.45) is 0 Å². The van der Waals surface area contributed by atoms with Gasteiger partial charge >= 0.3 is 0 Å². The van der Waals surface area contributed by atoms with Crippen molar-refractivity contribution in [3.8, 4) is 16.9 Å². The number of aryl methyl sites for hydroxylation is 1. The molecule has 2 heteroatoms. The average molecular weight is 254 g/mol. The number of rotatable bonds is 3. The Kier molecular flexibility index (Phi) is 3.70. The van der Waals surface area contributed by atoms with Crippen LogP contribution in [0.3, 0.4) is 0 Å². The Morgan fingerprint density at radius 3 is 2.53 bits per heavy atom. The van der Waals surface area contributed by atoms with Crippen LogP contribution in [0.5, 0.6) is 5.75 Å². The second-order valence-corrected chi connectivity index (χ2v) is 5.12. The second kappa shape index (κ2) is 5.27. The van der Waals surface area contributed by atoms with Crippen molar-refractivity contribution in [1.82, 2.24) is 0 Å². The van der Waals surface area contributed by atoms with E-state index in [9.17, 15) is 9.90 Å². The normalized spacial score (nSPS) is 10.7. The lowest BCUT2D eigenvalue weighted by Gasteiger charge is -2.14. The summed E-state index contributed by atoms with van der Waals surface area (Å²) >= 11 is 0. The lowest BCUT2D eigenvalue weighted by Crippen LogP contribution is -1.93. The van der Waals surface area contributed by atoms with Gasteiger partial charge in [-0.25, -0.2) is 0 Å². The van der Waals surface area contributed by atoms with Crippen LogP contribution in [-0.4, -0.2) is 11.4 Å². The molecule has 2 rings (SSSR count). The zero-order chi connectivity index (χ0) is 14.0. The minimum absolute atomic E-state index is 0.258. The summed E-state index contributed by atoms with van der Waals surface area (Å²) < 4.78 is 0. The van der Waals surface area contributed by atoms with Gasteiger partial charge in [-0.1, -0.05) is 32.0 Å². The van der Waals surface area contributed by atoms with Crippen molar-refractivity contribution in [2.45, 2.75) is 26.7 Å². The molecule has 19 heavy (non-hydrogen) atoms. The number of hydrogen-bond donors (Lipinski definition) is 1. The second-order valence-electron chi connectivity index (χ2n) is 5.12. The van der Waals surface area contributed by atoms with Crippen LogP contribution < -0.4 is 0 Å². The SMILES string of the molecule is Cc1cc(O)c(C(C)C)cc1-c1cccc(C=O)c1. The van der Waals surface area contributed by atoms with E-state index in [1.165, 1.54) is 0 Å². The molecule has 0 amide bonds. The van der Waals surface area contributed by atoms with Gasteiger partial charge in [0.2, 0.25) is 0 Å². The van der Waals surface area contributed by atoms with Gasteiger partial charge in [0, 0.05) is 5.56 Å². The van der Waals surface area contributed by atoms with Gasteiger partial charge in [-0.2, -0.15) is 0 Å². The molecule has 0 heterocycles. The Labute approximate surface area is 113 Å². The summed E-state index contributed by atoms with van der Waals surface area (Å²) in [6.45, 7) is 6.07. The molecule has 2 aromatic carbocycles. The lowest BCUT2D eigenvalue weighted by atomic mass is 9.92. The summed E-state index contributed by atoms with van der Waals surface area (Å²) in [6.07, 6.45) is 0.850. The van der Waals surface area contributed by atoms with Crippen LogP contribution in [0.15, 0.2) is 36.4 Å². The van der Waals surface area contributed by atoms with Gasteiger partial charge in [0.1, 0.15) is 12.0 Å². The molecule has 0 bridgehead atoms. The molecule has 0 radical (unpaired) electrons. The predicted molar refractivity (Wildman–Crippen MR) is 77.8 cm³/mol. The number of hydrogen-bond acceptors (Lipinski definition) is 2. The van der Waals surface area contributed by atoms with Crippen molar-refractivity contribution >= 4 is 6.29 Å². The van der Waals surface area contributed by atoms with E-state index in [0.717, 1.165) is 28.5 Å². The molecule has 0 spiro atoms. The molecule has 0 fully saturated rings. The van der Waals surface area contributed by atoms with Gasteiger partial charge in [-0.15, -0.1) is 0 Å². The van der Waals surface area contributed by atoms with Gasteiger partial charge in [-0.05, 0) is 53.3 Å². The molecule has 2 nitrogen and oxygen atoms in total. The fraction of sp³-hybridized carbons (Fsp3) is 0.235. The van der Waals surface area contributed by atoms with E-state index in [0.29, 0.717) is 11.3 Å². The van der Waals surface area contributed by atoms with E-state index in [2.05, 4.69) is 13.8 Å². The molecule has 0 aliphatic rings. The van der Waals surface area contributed by atoms with Crippen LogP contribution in [0.4, 0.5) is 0 Å². The van der Waals surface area contributed by atoms with Gasteiger partial charge < -0.3 is 5.11 Å². The number of phenols is 1. The number of aldehydes is 1. The average Bonchev–Trinajstić information content (AvgIpc) is 2.38. The third-order valence-electron chi connectivity index (χ3n) is 3.33. The van der Waals surface area contributed by atoms with E-state index < -0.39 is 0 Å².